The maximum absolute atomic E-state index is 12.7. The van der Waals surface area contributed by atoms with E-state index in [1.54, 1.807) is 13.3 Å². The van der Waals surface area contributed by atoms with Crippen LogP contribution in [0.1, 0.15) is 30.1 Å². The van der Waals surface area contributed by atoms with Gasteiger partial charge in [0.25, 0.3) is 0 Å². The van der Waals surface area contributed by atoms with Gasteiger partial charge in [-0.2, -0.15) is 0 Å². The van der Waals surface area contributed by atoms with Gasteiger partial charge in [0.05, 0.1) is 18.8 Å². The van der Waals surface area contributed by atoms with Crippen molar-refractivity contribution in [3.8, 4) is 5.75 Å². The Hall–Kier alpha value is -2.40. The van der Waals surface area contributed by atoms with Crippen LogP contribution in [0.5, 0.6) is 5.75 Å². The Balaban J connectivity index is 1.86. The monoisotopic (exact) mass is 325 g/mol. The molecule has 5 heteroatoms. The summed E-state index contributed by atoms with van der Waals surface area (Å²) < 4.78 is 5.32. The van der Waals surface area contributed by atoms with Gasteiger partial charge in [0, 0.05) is 12.1 Å². The van der Waals surface area contributed by atoms with E-state index in [0.29, 0.717) is 0 Å². The number of nitrogens with zero attached hydrogens (tertiary/aromatic N) is 1. The summed E-state index contributed by atoms with van der Waals surface area (Å²) in [6, 6.07) is 13.2. The van der Waals surface area contributed by atoms with Gasteiger partial charge >= 0.3 is 0 Å². The highest BCUT2D eigenvalue weighted by Gasteiger charge is 2.25. The molecule has 1 atom stereocenters. The third-order valence-corrected chi connectivity index (χ3v) is 4.41. The number of pyridine rings is 1. The lowest BCUT2D eigenvalue weighted by Crippen LogP contribution is -2.40. The molecule has 0 saturated carbocycles. The molecule has 1 aromatic carbocycles. The van der Waals surface area contributed by atoms with Crippen LogP contribution in [-0.2, 0) is 4.79 Å². The summed E-state index contributed by atoms with van der Waals surface area (Å²) in [4.78, 5) is 17.2. The quantitative estimate of drug-likeness (QED) is 0.885. The van der Waals surface area contributed by atoms with Crippen molar-refractivity contribution in [3.63, 3.8) is 0 Å². The first-order chi connectivity index (χ1) is 11.8. The number of benzene rings is 1. The van der Waals surface area contributed by atoms with Crippen LogP contribution < -0.4 is 15.4 Å². The predicted octanol–water partition coefficient (Wildman–Crippen LogP) is 2.30. The molecule has 1 saturated heterocycles. The van der Waals surface area contributed by atoms with Crippen LogP contribution in [-0.4, -0.2) is 31.1 Å². The summed E-state index contributed by atoms with van der Waals surface area (Å²) in [7, 11) is 1.64. The lowest BCUT2D eigenvalue weighted by atomic mass is 9.95. The third-order valence-electron chi connectivity index (χ3n) is 4.41. The van der Waals surface area contributed by atoms with Gasteiger partial charge in [0.1, 0.15) is 5.75 Å². The zero-order valence-corrected chi connectivity index (χ0v) is 13.9. The minimum atomic E-state index is -0.274. The number of carbonyl (C=O) groups excluding carboxylic acids is 1. The van der Waals surface area contributed by atoms with Crippen molar-refractivity contribution < 1.29 is 9.53 Å². The summed E-state index contributed by atoms with van der Waals surface area (Å²) in [6.07, 6.45) is 3.50. The molecule has 2 N–H and O–H groups in total. The fraction of sp³-hybridized carbons (Fsp3) is 0.368. The first kappa shape index (κ1) is 16.5. The lowest BCUT2D eigenvalue weighted by molar-refractivity contribution is -0.126. The Bertz CT molecular complexity index is 669. The van der Waals surface area contributed by atoms with Gasteiger partial charge in [-0.1, -0.05) is 18.2 Å². The van der Waals surface area contributed by atoms with Gasteiger partial charge in [0.15, 0.2) is 0 Å². The van der Waals surface area contributed by atoms with Crippen LogP contribution in [0.15, 0.2) is 48.7 Å². The van der Waals surface area contributed by atoms with Crippen LogP contribution in [0.25, 0.3) is 0 Å². The molecule has 3 rings (SSSR count). The fourth-order valence-corrected chi connectivity index (χ4v) is 3.04. The van der Waals surface area contributed by atoms with E-state index in [-0.39, 0.29) is 17.9 Å². The van der Waals surface area contributed by atoms with E-state index in [1.807, 2.05) is 42.5 Å². The number of ether oxygens (including phenoxy) is 1. The molecule has 2 heterocycles. The Labute approximate surface area is 142 Å². The van der Waals surface area contributed by atoms with Crippen molar-refractivity contribution in [1.82, 2.24) is 15.6 Å². The van der Waals surface area contributed by atoms with Gasteiger partial charge < -0.3 is 15.4 Å². The molecule has 24 heavy (non-hydrogen) atoms. The normalized spacial score (nSPS) is 16.4. The second-order valence-corrected chi connectivity index (χ2v) is 6.00. The summed E-state index contributed by atoms with van der Waals surface area (Å²) in [5.41, 5.74) is 1.79. The average Bonchev–Trinajstić information content (AvgIpc) is 2.67. The molecule has 0 bridgehead atoms. The highest BCUT2D eigenvalue weighted by atomic mass is 16.5. The molecule has 1 amide bonds. The molecule has 1 aliphatic rings. The SMILES string of the molecule is COc1cccc(C(NC(=O)C2CCNCC2)c2ccccn2)c1. The number of amides is 1. The van der Waals surface area contributed by atoms with E-state index in [0.717, 1.165) is 42.9 Å². The Morgan fingerprint density at radius 2 is 2.08 bits per heavy atom. The molecule has 126 valence electrons. The highest BCUT2D eigenvalue weighted by molar-refractivity contribution is 5.79. The van der Waals surface area contributed by atoms with Gasteiger partial charge in [-0.15, -0.1) is 0 Å². The second-order valence-electron chi connectivity index (χ2n) is 6.00. The first-order valence-corrected chi connectivity index (χ1v) is 8.34. The maximum atomic E-state index is 12.7. The first-order valence-electron chi connectivity index (χ1n) is 8.34. The van der Waals surface area contributed by atoms with Crippen LogP contribution in [0.3, 0.4) is 0 Å². The fourth-order valence-electron chi connectivity index (χ4n) is 3.04. The van der Waals surface area contributed by atoms with E-state index < -0.39 is 0 Å². The van der Waals surface area contributed by atoms with Crippen molar-refractivity contribution in [2.75, 3.05) is 20.2 Å². The minimum Gasteiger partial charge on any atom is -0.497 e. The Kier molecular flexibility index (Phi) is 5.43. The van der Waals surface area contributed by atoms with Gasteiger partial charge in [-0.05, 0) is 55.8 Å². The molecule has 1 unspecified atom stereocenters. The van der Waals surface area contributed by atoms with E-state index in [2.05, 4.69) is 15.6 Å². The number of carbonyl (C=O) groups is 1. The summed E-state index contributed by atoms with van der Waals surface area (Å²) >= 11 is 0. The summed E-state index contributed by atoms with van der Waals surface area (Å²) in [5.74, 6) is 0.919. The summed E-state index contributed by atoms with van der Waals surface area (Å²) in [6.45, 7) is 1.79. The molecular weight excluding hydrogens is 302 g/mol. The average molecular weight is 325 g/mol. The van der Waals surface area contributed by atoms with Crippen molar-refractivity contribution in [3.05, 3.63) is 59.9 Å². The second kappa shape index (κ2) is 7.93. The molecular formula is C19H23N3O2. The largest absolute Gasteiger partial charge is 0.497 e. The van der Waals surface area contributed by atoms with Crippen molar-refractivity contribution in [2.24, 2.45) is 5.92 Å². The maximum Gasteiger partial charge on any atom is 0.224 e. The van der Waals surface area contributed by atoms with Crippen molar-refractivity contribution >= 4 is 5.91 Å². The van der Waals surface area contributed by atoms with E-state index in [9.17, 15) is 4.79 Å². The number of hydrogen-bond acceptors (Lipinski definition) is 4. The molecule has 0 aliphatic carbocycles. The van der Waals surface area contributed by atoms with E-state index in [4.69, 9.17) is 4.74 Å². The molecule has 1 aromatic heterocycles. The molecule has 0 radical (unpaired) electrons. The zero-order valence-electron chi connectivity index (χ0n) is 13.9. The number of aromatic nitrogens is 1. The molecule has 0 spiro atoms. The highest BCUT2D eigenvalue weighted by Crippen LogP contribution is 2.25. The third kappa shape index (κ3) is 3.92. The lowest BCUT2D eigenvalue weighted by Gasteiger charge is -2.25. The van der Waals surface area contributed by atoms with E-state index in [1.165, 1.54) is 0 Å². The van der Waals surface area contributed by atoms with Crippen LogP contribution in [0.4, 0.5) is 0 Å². The standard InChI is InChI=1S/C19H23N3O2/c1-24-16-6-4-5-15(13-16)18(17-7-2-3-10-21-17)22-19(23)14-8-11-20-12-9-14/h2-7,10,13-14,18,20H,8-9,11-12H2,1H3,(H,22,23). The number of piperidine rings is 1. The smallest absolute Gasteiger partial charge is 0.224 e. The van der Waals surface area contributed by atoms with Crippen molar-refractivity contribution in [1.29, 1.82) is 0 Å². The predicted molar refractivity (Wildman–Crippen MR) is 92.8 cm³/mol. The van der Waals surface area contributed by atoms with Crippen LogP contribution in [0, 0.1) is 5.92 Å². The molecule has 5 nitrogen and oxygen atoms in total. The molecule has 2 aromatic rings. The van der Waals surface area contributed by atoms with Crippen LogP contribution >= 0.6 is 0 Å². The number of hydrogen-bond donors (Lipinski definition) is 2. The van der Waals surface area contributed by atoms with Gasteiger partial charge in [0.2, 0.25) is 5.91 Å². The van der Waals surface area contributed by atoms with E-state index >= 15 is 0 Å². The number of nitrogens with one attached hydrogen (secondary N) is 2. The topological polar surface area (TPSA) is 63.2 Å². The van der Waals surface area contributed by atoms with Crippen molar-refractivity contribution in [2.45, 2.75) is 18.9 Å². The zero-order chi connectivity index (χ0) is 16.8. The minimum absolute atomic E-state index is 0.0584. The molecule has 1 fully saturated rings. The summed E-state index contributed by atoms with van der Waals surface area (Å²) in [5, 5.41) is 6.48. The van der Waals surface area contributed by atoms with Gasteiger partial charge in [-0.3, -0.25) is 9.78 Å². The Morgan fingerprint density at radius 3 is 2.79 bits per heavy atom. The molecule has 1 aliphatic heterocycles. The van der Waals surface area contributed by atoms with Crippen LogP contribution in [0.2, 0.25) is 0 Å². The number of rotatable bonds is 5. The number of methoxy groups -OCH3 is 1. The van der Waals surface area contributed by atoms with Gasteiger partial charge in [-0.25, -0.2) is 0 Å². The Morgan fingerprint density at radius 1 is 1.25 bits per heavy atom.